The fourth-order valence-electron chi connectivity index (χ4n) is 2.58. The van der Waals surface area contributed by atoms with E-state index in [2.05, 4.69) is 31.2 Å². The molecule has 2 heteroatoms. The average molecular weight is 262 g/mol. The molecular formula is C17H26O2. The van der Waals surface area contributed by atoms with Crippen LogP contribution < -0.4 is 0 Å². The van der Waals surface area contributed by atoms with E-state index in [4.69, 9.17) is 9.47 Å². The highest BCUT2D eigenvalue weighted by Crippen LogP contribution is 2.24. The van der Waals surface area contributed by atoms with Gasteiger partial charge in [0, 0.05) is 6.42 Å². The third-order valence-electron chi connectivity index (χ3n) is 3.74. The van der Waals surface area contributed by atoms with Crippen molar-refractivity contribution in [2.45, 2.75) is 64.3 Å². The minimum atomic E-state index is 0.0374. The first-order valence-corrected chi connectivity index (χ1v) is 7.69. The molecule has 0 radical (unpaired) electrons. The van der Waals surface area contributed by atoms with Crippen LogP contribution in [0.15, 0.2) is 30.3 Å². The summed E-state index contributed by atoms with van der Waals surface area (Å²) >= 11 is 0. The lowest BCUT2D eigenvalue weighted by molar-refractivity contribution is -0.133. The van der Waals surface area contributed by atoms with E-state index >= 15 is 0 Å². The Morgan fingerprint density at radius 3 is 2.79 bits per heavy atom. The van der Waals surface area contributed by atoms with Crippen LogP contribution in [0.1, 0.15) is 51.0 Å². The van der Waals surface area contributed by atoms with Crippen molar-refractivity contribution in [1.82, 2.24) is 0 Å². The van der Waals surface area contributed by atoms with E-state index in [1.54, 1.807) is 0 Å². The first kappa shape index (κ1) is 14.5. The van der Waals surface area contributed by atoms with Gasteiger partial charge in [-0.2, -0.15) is 0 Å². The Balaban J connectivity index is 1.57. The molecule has 19 heavy (non-hydrogen) atoms. The Labute approximate surface area is 117 Å². The molecule has 2 unspecified atom stereocenters. The second-order valence-corrected chi connectivity index (χ2v) is 5.37. The van der Waals surface area contributed by atoms with Gasteiger partial charge < -0.3 is 9.47 Å². The number of hydrogen-bond donors (Lipinski definition) is 0. The van der Waals surface area contributed by atoms with Gasteiger partial charge in [0.25, 0.3) is 0 Å². The Morgan fingerprint density at radius 1 is 1.16 bits per heavy atom. The molecule has 0 amide bonds. The highest BCUT2D eigenvalue weighted by atomic mass is 16.7. The molecule has 1 heterocycles. The van der Waals surface area contributed by atoms with Crippen molar-refractivity contribution >= 4 is 0 Å². The standard InChI is InChI=1S/C17H26O2/c1-2-3-5-10-16-11-12-17(19-16)18-14-13-15-8-6-4-7-9-15/h4,6-9,16-17H,2-3,5,10-14H2,1H3. The molecular weight excluding hydrogens is 236 g/mol. The van der Waals surface area contributed by atoms with Crippen molar-refractivity contribution in [1.29, 1.82) is 0 Å². The number of rotatable bonds is 8. The number of unbranched alkanes of at least 4 members (excludes halogenated alkanes) is 2. The third-order valence-corrected chi connectivity index (χ3v) is 3.74. The summed E-state index contributed by atoms with van der Waals surface area (Å²) in [5.41, 5.74) is 1.33. The van der Waals surface area contributed by atoms with Gasteiger partial charge in [-0.3, -0.25) is 0 Å². The first-order chi connectivity index (χ1) is 9.38. The normalized spacial score (nSPS) is 22.8. The summed E-state index contributed by atoms with van der Waals surface area (Å²) in [6, 6.07) is 10.5. The van der Waals surface area contributed by atoms with Gasteiger partial charge >= 0.3 is 0 Å². The molecule has 2 rings (SSSR count). The molecule has 1 aromatic rings. The van der Waals surface area contributed by atoms with Crippen LogP contribution in [0.5, 0.6) is 0 Å². The van der Waals surface area contributed by atoms with Gasteiger partial charge in [0.1, 0.15) is 0 Å². The second-order valence-electron chi connectivity index (χ2n) is 5.37. The highest BCUT2D eigenvalue weighted by molar-refractivity contribution is 5.14. The van der Waals surface area contributed by atoms with Gasteiger partial charge in [-0.05, 0) is 24.8 Å². The van der Waals surface area contributed by atoms with Crippen LogP contribution in [0.2, 0.25) is 0 Å². The quantitative estimate of drug-likeness (QED) is 0.649. The van der Waals surface area contributed by atoms with Gasteiger partial charge in [0.05, 0.1) is 12.7 Å². The predicted octanol–water partition coefficient (Wildman–Crippen LogP) is 4.33. The van der Waals surface area contributed by atoms with Crippen LogP contribution in [0.3, 0.4) is 0 Å². The summed E-state index contributed by atoms with van der Waals surface area (Å²) in [4.78, 5) is 0. The third kappa shape index (κ3) is 5.33. The molecule has 0 spiro atoms. The maximum absolute atomic E-state index is 5.92. The number of benzene rings is 1. The predicted molar refractivity (Wildman–Crippen MR) is 78.1 cm³/mol. The molecule has 0 saturated carbocycles. The molecule has 106 valence electrons. The molecule has 0 N–H and O–H groups in total. The lowest BCUT2D eigenvalue weighted by atomic mass is 10.1. The van der Waals surface area contributed by atoms with E-state index in [0.717, 1.165) is 19.4 Å². The van der Waals surface area contributed by atoms with Crippen LogP contribution in [-0.4, -0.2) is 19.0 Å². The fraction of sp³-hybridized carbons (Fsp3) is 0.647. The molecule has 2 nitrogen and oxygen atoms in total. The molecule has 0 aliphatic carbocycles. The van der Waals surface area contributed by atoms with E-state index in [9.17, 15) is 0 Å². The second kappa shape index (κ2) is 8.34. The summed E-state index contributed by atoms with van der Waals surface area (Å²) in [7, 11) is 0. The summed E-state index contributed by atoms with van der Waals surface area (Å²) in [6.45, 7) is 3.00. The number of ether oxygens (including phenoxy) is 2. The van der Waals surface area contributed by atoms with Gasteiger partial charge in [0.15, 0.2) is 6.29 Å². The zero-order chi connectivity index (χ0) is 13.3. The van der Waals surface area contributed by atoms with E-state index in [0.29, 0.717) is 6.10 Å². The van der Waals surface area contributed by atoms with Crippen molar-refractivity contribution in [3.05, 3.63) is 35.9 Å². The van der Waals surface area contributed by atoms with Gasteiger partial charge in [-0.1, -0.05) is 56.5 Å². The van der Waals surface area contributed by atoms with Gasteiger partial charge in [-0.15, -0.1) is 0 Å². The minimum Gasteiger partial charge on any atom is -0.352 e. The first-order valence-electron chi connectivity index (χ1n) is 7.69. The summed E-state index contributed by atoms with van der Waals surface area (Å²) in [6.07, 6.45) is 8.77. The van der Waals surface area contributed by atoms with E-state index in [1.807, 2.05) is 6.07 Å². The largest absolute Gasteiger partial charge is 0.352 e. The topological polar surface area (TPSA) is 18.5 Å². The van der Waals surface area contributed by atoms with Crippen LogP contribution in [-0.2, 0) is 15.9 Å². The Hall–Kier alpha value is -0.860. The Morgan fingerprint density at radius 2 is 2.00 bits per heavy atom. The zero-order valence-electron chi connectivity index (χ0n) is 12.0. The minimum absolute atomic E-state index is 0.0374. The van der Waals surface area contributed by atoms with Gasteiger partial charge in [0.2, 0.25) is 0 Å². The fourth-order valence-corrected chi connectivity index (χ4v) is 2.58. The maximum atomic E-state index is 5.92. The van der Waals surface area contributed by atoms with Crippen LogP contribution in [0, 0.1) is 0 Å². The van der Waals surface area contributed by atoms with Crippen molar-refractivity contribution < 1.29 is 9.47 Å². The van der Waals surface area contributed by atoms with E-state index in [-0.39, 0.29) is 6.29 Å². The molecule has 1 saturated heterocycles. The lowest BCUT2D eigenvalue weighted by Crippen LogP contribution is -2.16. The monoisotopic (exact) mass is 262 g/mol. The molecule has 1 aliphatic rings. The van der Waals surface area contributed by atoms with Crippen molar-refractivity contribution in [3.8, 4) is 0 Å². The zero-order valence-corrected chi connectivity index (χ0v) is 12.0. The van der Waals surface area contributed by atoms with Crippen molar-refractivity contribution in [2.24, 2.45) is 0 Å². The Kier molecular flexibility index (Phi) is 6.38. The van der Waals surface area contributed by atoms with Gasteiger partial charge in [-0.25, -0.2) is 0 Å². The summed E-state index contributed by atoms with van der Waals surface area (Å²) in [5.74, 6) is 0. The Bertz CT molecular complexity index is 336. The molecule has 2 atom stereocenters. The lowest BCUT2D eigenvalue weighted by Gasteiger charge is -2.14. The molecule has 0 aromatic heterocycles. The van der Waals surface area contributed by atoms with Crippen LogP contribution >= 0.6 is 0 Å². The molecule has 1 aromatic carbocycles. The summed E-state index contributed by atoms with van der Waals surface area (Å²) in [5, 5.41) is 0. The maximum Gasteiger partial charge on any atom is 0.158 e. The molecule has 0 bridgehead atoms. The smallest absolute Gasteiger partial charge is 0.158 e. The number of hydrogen-bond acceptors (Lipinski definition) is 2. The van der Waals surface area contributed by atoms with Crippen LogP contribution in [0.25, 0.3) is 0 Å². The summed E-state index contributed by atoms with van der Waals surface area (Å²) < 4.78 is 11.7. The van der Waals surface area contributed by atoms with Crippen molar-refractivity contribution in [2.75, 3.05) is 6.61 Å². The highest BCUT2D eigenvalue weighted by Gasteiger charge is 2.24. The SMILES string of the molecule is CCCCCC1CCC(OCCc2ccccc2)O1. The van der Waals surface area contributed by atoms with Crippen LogP contribution in [0.4, 0.5) is 0 Å². The van der Waals surface area contributed by atoms with Crippen molar-refractivity contribution in [3.63, 3.8) is 0 Å². The van der Waals surface area contributed by atoms with E-state index in [1.165, 1.54) is 37.7 Å². The molecule has 1 aliphatic heterocycles. The van der Waals surface area contributed by atoms with E-state index < -0.39 is 0 Å². The average Bonchev–Trinajstić information content (AvgIpc) is 2.88. The molecule has 1 fully saturated rings.